The molecule has 0 spiro atoms. The summed E-state index contributed by atoms with van der Waals surface area (Å²) >= 11 is 0. The molecule has 2 saturated heterocycles. The fraction of sp³-hybridized carbons (Fsp3) is 0.708. The van der Waals surface area contributed by atoms with Gasteiger partial charge in [-0.2, -0.15) is 0 Å². The van der Waals surface area contributed by atoms with Crippen LogP contribution < -0.4 is 5.73 Å². The zero-order valence-electron chi connectivity index (χ0n) is 18.7. The topological polar surface area (TPSA) is 52.8 Å². The summed E-state index contributed by atoms with van der Waals surface area (Å²) in [6.07, 6.45) is 7.64. The summed E-state index contributed by atoms with van der Waals surface area (Å²) in [5.74, 6) is 6.90. The van der Waals surface area contributed by atoms with Crippen molar-refractivity contribution in [2.24, 2.45) is 17.1 Å². The van der Waals surface area contributed by atoms with Gasteiger partial charge >= 0.3 is 6.03 Å². The third-order valence-electron chi connectivity index (χ3n) is 6.88. The molecule has 0 aromatic rings. The highest BCUT2D eigenvalue weighted by atomic mass is 19.1. The van der Waals surface area contributed by atoms with Crippen molar-refractivity contribution in [3.63, 3.8) is 0 Å². The second-order valence-corrected chi connectivity index (χ2v) is 9.50. The molecule has 2 heterocycles. The number of hydrogen-bond acceptors (Lipinski definition) is 3. The number of halogens is 1. The van der Waals surface area contributed by atoms with Crippen LogP contribution in [0, 0.1) is 23.2 Å². The Balaban J connectivity index is 1.82. The molecule has 0 aromatic heterocycles. The number of nitrogens with zero attached hydrogens (tertiary/aromatic N) is 3. The molecular formula is C24H37FN4O. The van der Waals surface area contributed by atoms with E-state index in [0.29, 0.717) is 30.6 Å². The highest BCUT2D eigenvalue weighted by Gasteiger charge is 2.42. The Morgan fingerprint density at radius 3 is 2.80 bits per heavy atom. The Bertz CT molecular complexity index is 739. The molecule has 3 rings (SSSR count). The standard InChI is InChI=1S/C24H37FN4O/c1-4-5-11-28-13-10-24(15-20(28)3,17-27-12-9-19(2)16-27)18-29(23(26)30)22-8-6-7-21(25)14-22/h6,8,14,19-21H,7,9-13,15-18H2,1-3H3,(H2,26,30)/t19?,20-,21?,24+/m0/s1. The van der Waals surface area contributed by atoms with Gasteiger partial charge < -0.3 is 10.6 Å². The minimum Gasteiger partial charge on any atom is -0.351 e. The molecule has 166 valence electrons. The predicted molar refractivity (Wildman–Crippen MR) is 119 cm³/mol. The van der Waals surface area contributed by atoms with Crippen molar-refractivity contribution in [1.82, 2.24) is 14.7 Å². The van der Waals surface area contributed by atoms with E-state index in [1.807, 2.05) is 13.0 Å². The minimum atomic E-state index is -1.06. The Labute approximate surface area is 181 Å². The fourth-order valence-electron chi connectivity index (χ4n) is 5.30. The average Bonchev–Trinajstić information content (AvgIpc) is 3.10. The van der Waals surface area contributed by atoms with Gasteiger partial charge in [-0.15, -0.1) is 5.92 Å². The molecule has 2 aliphatic heterocycles. The molecule has 2 fully saturated rings. The molecule has 6 heteroatoms. The van der Waals surface area contributed by atoms with Gasteiger partial charge in [0.1, 0.15) is 6.17 Å². The monoisotopic (exact) mass is 416 g/mol. The van der Waals surface area contributed by atoms with E-state index in [9.17, 15) is 9.18 Å². The van der Waals surface area contributed by atoms with Crippen LogP contribution in [0.5, 0.6) is 0 Å². The van der Waals surface area contributed by atoms with Gasteiger partial charge in [0.15, 0.2) is 0 Å². The van der Waals surface area contributed by atoms with Gasteiger partial charge in [0.25, 0.3) is 0 Å². The zero-order chi connectivity index (χ0) is 21.7. The van der Waals surface area contributed by atoms with Crippen LogP contribution in [0.4, 0.5) is 9.18 Å². The molecule has 5 nitrogen and oxygen atoms in total. The van der Waals surface area contributed by atoms with Crippen LogP contribution in [-0.2, 0) is 0 Å². The van der Waals surface area contributed by atoms with Crippen molar-refractivity contribution >= 4 is 6.03 Å². The lowest BCUT2D eigenvalue weighted by atomic mass is 9.74. The van der Waals surface area contributed by atoms with Gasteiger partial charge in [-0.05, 0) is 64.3 Å². The van der Waals surface area contributed by atoms with E-state index < -0.39 is 12.2 Å². The molecule has 0 aromatic carbocycles. The normalized spacial score (nSPS) is 32.4. The Hall–Kier alpha value is -1.84. The molecule has 1 aliphatic carbocycles. The lowest BCUT2D eigenvalue weighted by Crippen LogP contribution is -2.55. The van der Waals surface area contributed by atoms with Gasteiger partial charge in [0.2, 0.25) is 0 Å². The molecule has 30 heavy (non-hydrogen) atoms. The highest BCUT2D eigenvalue weighted by Crippen LogP contribution is 2.39. The molecule has 4 atom stereocenters. The maximum absolute atomic E-state index is 14.0. The first-order valence-electron chi connectivity index (χ1n) is 11.3. The number of primary amides is 1. The number of alkyl halides is 1. The van der Waals surface area contributed by atoms with Crippen LogP contribution in [0.2, 0.25) is 0 Å². The summed E-state index contributed by atoms with van der Waals surface area (Å²) in [6, 6.07) is -0.125. The molecule has 2 unspecified atom stereocenters. The SMILES string of the molecule is CC#CCN1CC[C@@](CN2CCC(C)C2)(CN(C(N)=O)C2=CC(F)CC=C2)C[C@@H]1C. The second kappa shape index (κ2) is 9.98. The molecule has 2 N–H and O–H groups in total. The lowest BCUT2D eigenvalue weighted by molar-refractivity contribution is 0.0255. The average molecular weight is 417 g/mol. The third kappa shape index (κ3) is 5.65. The molecule has 0 radical (unpaired) electrons. The number of piperidine rings is 1. The molecular weight excluding hydrogens is 379 g/mol. The van der Waals surface area contributed by atoms with Crippen molar-refractivity contribution in [2.75, 3.05) is 39.3 Å². The predicted octanol–water partition coefficient (Wildman–Crippen LogP) is 3.38. The van der Waals surface area contributed by atoms with Crippen LogP contribution in [-0.4, -0.2) is 72.2 Å². The Morgan fingerprint density at radius 1 is 1.40 bits per heavy atom. The molecule has 2 amide bonds. The molecule has 0 bridgehead atoms. The van der Waals surface area contributed by atoms with E-state index >= 15 is 0 Å². The third-order valence-corrected chi connectivity index (χ3v) is 6.88. The number of amides is 2. The Morgan fingerprint density at radius 2 is 2.20 bits per heavy atom. The van der Waals surface area contributed by atoms with Crippen molar-refractivity contribution in [2.45, 2.75) is 58.7 Å². The van der Waals surface area contributed by atoms with Gasteiger partial charge in [-0.1, -0.05) is 18.9 Å². The van der Waals surface area contributed by atoms with Gasteiger partial charge in [0.05, 0.1) is 6.54 Å². The van der Waals surface area contributed by atoms with Gasteiger partial charge in [0, 0.05) is 43.2 Å². The number of likely N-dealkylation sites (tertiary alicyclic amines) is 2. The number of allylic oxidation sites excluding steroid dienone is 3. The van der Waals surface area contributed by atoms with Crippen molar-refractivity contribution < 1.29 is 9.18 Å². The summed E-state index contributed by atoms with van der Waals surface area (Å²) in [7, 11) is 0. The van der Waals surface area contributed by atoms with E-state index in [1.54, 1.807) is 11.0 Å². The van der Waals surface area contributed by atoms with Crippen molar-refractivity contribution in [1.29, 1.82) is 0 Å². The summed E-state index contributed by atoms with van der Waals surface area (Å²) in [4.78, 5) is 19.0. The van der Waals surface area contributed by atoms with Gasteiger partial charge in [-0.25, -0.2) is 9.18 Å². The van der Waals surface area contributed by atoms with Crippen LogP contribution in [0.25, 0.3) is 0 Å². The number of rotatable bonds is 6. The number of urea groups is 1. The maximum atomic E-state index is 14.0. The maximum Gasteiger partial charge on any atom is 0.319 e. The van der Waals surface area contributed by atoms with Crippen LogP contribution in [0.3, 0.4) is 0 Å². The van der Waals surface area contributed by atoms with Crippen LogP contribution >= 0.6 is 0 Å². The first kappa shape index (κ1) is 22.8. The lowest BCUT2D eigenvalue weighted by Gasteiger charge is -2.48. The number of nitrogens with two attached hydrogens (primary N) is 1. The molecule has 0 saturated carbocycles. The first-order valence-corrected chi connectivity index (χ1v) is 11.3. The number of carbonyl (C=O) groups is 1. The summed E-state index contributed by atoms with van der Waals surface area (Å²) in [5.41, 5.74) is 6.33. The van der Waals surface area contributed by atoms with E-state index in [4.69, 9.17) is 5.73 Å². The molecule has 3 aliphatic rings. The number of carbonyl (C=O) groups excluding carboxylic acids is 1. The van der Waals surface area contributed by atoms with Crippen LogP contribution in [0.1, 0.15) is 46.5 Å². The van der Waals surface area contributed by atoms with Crippen molar-refractivity contribution in [3.05, 3.63) is 23.9 Å². The summed E-state index contributed by atoms with van der Waals surface area (Å²) in [6.45, 7) is 11.9. The Kier molecular flexibility index (Phi) is 7.60. The number of hydrogen-bond donors (Lipinski definition) is 1. The fourth-order valence-corrected chi connectivity index (χ4v) is 5.30. The minimum absolute atomic E-state index is 0.0629. The zero-order valence-corrected chi connectivity index (χ0v) is 18.7. The summed E-state index contributed by atoms with van der Waals surface area (Å²) in [5, 5.41) is 0. The smallest absolute Gasteiger partial charge is 0.319 e. The van der Waals surface area contributed by atoms with Crippen molar-refractivity contribution in [3.8, 4) is 11.8 Å². The van der Waals surface area contributed by atoms with E-state index in [2.05, 4.69) is 35.5 Å². The largest absolute Gasteiger partial charge is 0.351 e. The van der Waals surface area contributed by atoms with Gasteiger partial charge in [-0.3, -0.25) is 9.80 Å². The van der Waals surface area contributed by atoms with Crippen LogP contribution in [0.15, 0.2) is 23.9 Å². The van der Waals surface area contributed by atoms with E-state index in [-0.39, 0.29) is 5.41 Å². The quantitative estimate of drug-likeness (QED) is 0.676. The van der Waals surface area contributed by atoms with E-state index in [0.717, 1.165) is 45.6 Å². The van der Waals surface area contributed by atoms with E-state index in [1.165, 1.54) is 12.5 Å². The first-order chi connectivity index (χ1) is 14.3. The highest BCUT2D eigenvalue weighted by molar-refractivity contribution is 5.75. The second-order valence-electron chi connectivity index (χ2n) is 9.50. The summed E-state index contributed by atoms with van der Waals surface area (Å²) < 4.78 is 14.0.